The quantitative estimate of drug-likeness (QED) is 0.584. The van der Waals surface area contributed by atoms with Crippen LogP contribution in [0.25, 0.3) is 0 Å². The Hall–Kier alpha value is -1.59. The zero-order chi connectivity index (χ0) is 14.7. The molecule has 0 N–H and O–H groups in total. The van der Waals surface area contributed by atoms with E-state index in [1.807, 2.05) is 0 Å². The molecule has 2 aliphatic rings. The third-order valence-electron chi connectivity index (χ3n) is 4.27. The minimum atomic E-state index is -0.414. The molecule has 0 bridgehead atoms. The van der Waals surface area contributed by atoms with Gasteiger partial charge >= 0.3 is 11.8 Å². The maximum atomic E-state index is 12.2. The molecule has 112 valence electrons. The largest absolute Gasteiger partial charge is 0.339 e. The van der Waals surface area contributed by atoms with Gasteiger partial charge in [-0.2, -0.15) is 0 Å². The normalized spacial score (nSPS) is 21.0. The van der Waals surface area contributed by atoms with Gasteiger partial charge in [-0.1, -0.05) is 6.92 Å². The van der Waals surface area contributed by atoms with E-state index >= 15 is 0 Å². The van der Waals surface area contributed by atoms with E-state index in [2.05, 4.69) is 6.92 Å². The summed E-state index contributed by atoms with van der Waals surface area (Å²) < 4.78 is 0. The van der Waals surface area contributed by atoms with Gasteiger partial charge in [0, 0.05) is 46.2 Å². The lowest BCUT2D eigenvalue weighted by Crippen LogP contribution is -2.54. The highest BCUT2D eigenvalue weighted by atomic mass is 16.2. The highest BCUT2D eigenvalue weighted by Gasteiger charge is 2.31. The molecule has 0 spiro atoms. The van der Waals surface area contributed by atoms with Crippen LogP contribution in [0.4, 0.5) is 0 Å². The first kappa shape index (κ1) is 14.8. The summed E-state index contributed by atoms with van der Waals surface area (Å²) in [5, 5.41) is 0. The molecule has 2 rings (SSSR count). The van der Waals surface area contributed by atoms with Crippen LogP contribution in [0.2, 0.25) is 0 Å². The van der Waals surface area contributed by atoms with Crippen molar-refractivity contribution in [3.05, 3.63) is 0 Å². The molecule has 20 heavy (non-hydrogen) atoms. The molecule has 6 nitrogen and oxygen atoms in total. The van der Waals surface area contributed by atoms with Gasteiger partial charge in [0.05, 0.1) is 0 Å². The molecule has 0 aromatic rings. The van der Waals surface area contributed by atoms with E-state index in [0.29, 0.717) is 45.2 Å². The fourth-order valence-corrected chi connectivity index (χ4v) is 2.71. The van der Waals surface area contributed by atoms with Crippen molar-refractivity contribution < 1.29 is 14.4 Å². The van der Waals surface area contributed by atoms with E-state index in [4.69, 9.17) is 0 Å². The molecule has 0 radical (unpaired) electrons. The summed E-state index contributed by atoms with van der Waals surface area (Å²) in [7, 11) is 0. The van der Waals surface area contributed by atoms with E-state index in [1.54, 1.807) is 14.7 Å². The third kappa shape index (κ3) is 3.29. The van der Waals surface area contributed by atoms with E-state index in [0.717, 1.165) is 12.8 Å². The van der Waals surface area contributed by atoms with Crippen LogP contribution in [0.5, 0.6) is 0 Å². The molecule has 0 saturated carbocycles. The number of rotatable bonds is 0. The third-order valence-corrected chi connectivity index (χ3v) is 4.27. The maximum absolute atomic E-state index is 12.2. The average molecular weight is 281 g/mol. The van der Waals surface area contributed by atoms with Gasteiger partial charge < -0.3 is 14.7 Å². The molecule has 2 saturated heterocycles. The lowest BCUT2D eigenvalue weighted by molar-refractivity contribution is -0.154. The molecule has 6 heteroatoms. The topological polar surface area (TPSA) is 60.9 Å². The molecular weight excluding hydrogens is 258 g/mol. The van der Waals surface area contributed by atoms with Crippen molar-refractivity contribution in [2.75, 3.05) is 39.3 Å². The molecule has 3 amide bonds. The van der Waals surface area contributed by atoms with Crippen LogP contribution >= 0.6 is 0 Å². The Labute approximate surface area is 119 Å². The molecule has 0 aromatic carbocycles. The predicted octanol–water partition coefficient (Wildman–Crippen LogP) is -0.0644. The SMILES string of the molecule is CC(=O)N1CCN(C(=O)C(=O)N2CCC(C)CC2)CC1. The highest BCUT2D eigenvalue weighted by molar-refractivity contribution is 6.34. The molecule has 0 aromatic heterocycles. The van der Waals surface area contributed by atoms with Crippen LogP contribution in [0.3, 0.4) is 0 Å². The molecule has 0 atom stereocenters. The van der Waals surface area contributed by atoms with Crippen molar-refractivity contribution in [3.8, 4) is 0 Å². The van der Waals surface area contributed by atoms with Gasteiger partial charge in [0.1, 0.15) is 0 Å². The van der Waals surface area contributed by atoms with Gasteiger partial charge in [-0.25, -0.2) is 0 Å². The van der Waals surface area contributed by atoms with E-state index < -0.39 is 5.91 Å². The summed E-state index contributed by atoms with van der Waals surface area (Å²) in [4.78, 5) is 40.5. The molecule has 0 aliphatic carbocycles. The average Bonchev–Trinajstić information content (AvgIpc) is 2.46. The number of amides is 3. The second-order valence-corrected chi connectivity index (χ2v) is 5.77. The predicted molar refractivity (Wildman–Crippen MR) is 73.8 cm³/mol. The van der Waals surface area contributed by atoms with Crippen LogP contribution in [0, 0.1) is 5.92 Å². The number of nitrogens with zero attached hydrogens (tertiary/aromatic N) is 3. The van der Waals surface area contributed by atoms with Crippen LogP contribution in [0.15, 0.2) is 0 Å². The van der Waals surface area contributed by atoms with Crippen LogP contribution in [-0.4, -0.2) is 71.7 Å². The second kappa shape index (κ2) is 6.24. The summed E-state index contributed by atoms with van der Waals surface area (Å²) in [6.45, 7) is 7.00. The Morgan fingerprint density at radius 1 is 0.750 bits per heavy atom. The summed E-state index contributed by atoms with van der Waals surface area (Å²) in [6.07, 6.45) is 1.94. The Bertz CT molecular complexity index is 394. The molecule has 2 fully saturated rings. The van der Waals surface area contributed by atoms with Crippen molar-refractivity contribution in [2.45, 2.75) is 26.7 Å². The van der Waals surface area contributed by atoms with E-state index in [1.165, 1.54) is 6.92 Å². The van der Waals surface area contributed by atoms with Crippen molar-refractivity contribution in [1.82, 2.24) is 14.7 Å². The number of piperazine rings is 1. The molecule has 2 heterocycles. The Morgan fingerprint density at radius 2 is 1.15 bits per heavy atom. The molecular formula is C14H23N3O3. The van der Waals surface area contributed by atoms with Crippen molar-refractivity contribution >= 4 is 17.7 Å². The summed E-state index contributed by atoms with van der Waals surface area (Å²) >= 11 is 0. The Morgan fingerprint density at radius 3 is 1.60 bits per heavy atom. The Kier molecular flexibility index (Phi) is 4.62. The van der Waals surface area contributed by atoms with E-state index in [9.17, 15) is 14.4 Å². The molecule has 2 aliphatic heterocycles. The van der Waals surface area contributed by atoms with Gasteiger partial charge in [-0.05, 0) is 18.8 Å². The summed E-state index contributed by atoms with van der Waals surface area (Å²) in [5.41, 5.74) is 0. The zero-order valence-corrected chi connectivity index (χ0v) is 12.3. The Balaban J connectivity index is 1.85. The number of hydrogen-bond donors (Lipinski definition) is 0. The van der Waals surface area contributed by atoms with Crippen molar-refractivity contribution in [2.24, 2.45) is 5.92 Å². The van der Waals surface area contributed by atoms with E-state index in [-0.39, 0.29) is 11.8 Å². The monoisotopic (exact) mass is 281 g/mol. The van der Waals surface area contributed by atoms with Gasteiger partial charge in [0.2, 0.25) is 5.91 Å². The summed E-state index contributed by atoms with van der Waals surface area (Å²) in [5.74, 6) is -0.141. The first-order valence-corrected chi connectivity index (χ1v) is 7.32. The first-order valence-electron chi connectivity index (χ1n) is 7.32. The van der Waals surface area contributed by atoms with Gasteiger partial charge in [0.25, 0.3) is 0 Å². The maximum Gasteiger partial charge on any atom is 0.312 e. The number of carbonyl (C=O) groups excluding carboxylic acids is 3. The minimum absolute atomic E-state index is 0.0217. The van der Waals surface area contributed by atoms with Crippen LogP contribution < -0.4 is 0 Å². The van der Waals surface area contributed by atoms with Gasteiger partial charge in [-0.3, -0.25) is 14.4 Å². The zero-order valence-electron chi connectivity index (χ0n) is 12.3. The lowest BCUT2D eigenvalue weighted by atomic mass is 9.99. The highest BCUT2D eigenvalue weighted by Crippen LogP contribution is 2.16. The van der Waals surface area contributed by atoms with Crippen LogP contribution in [-0.2, 0) is 14.4 Å². The smallest absolute Gasteiger partial charge is 0.312 e. The van der Waals surface area contributed by atoms with Gasteiger partial charge in [0.15, 0.2) is 0 Å². The van der Waals surface area contributed by atoms with Crippen molar-refractivity contribution in [1.29, 1.82) is 0 Å². The number of carbonyl (C=O) groups is 3. The first-order chi connectivity index (χ1) is 9.49. The fraction of sp³-hybridized carbons (Fsp3) is 0.786. The lowest BCUT2D eigenvalue weighted by Gasteiger charge is -2.36. The van der Waals surface area contributed by atoms with Gasteiger partial charge in [-0.15, -0.1) is 0 Å². The minimum Gasteiger partial charge on any atom is -0.339 e. The van der Waals surface area contributed by atoms with Crippen LogP contribution in [0.1, 0.15) is 26.7 Å². The number of hydrogen-bond acceptors (Lipinski definition) is 3. The van der Waals surface area contributed by atoms with Crippen molar-refractivity contribution in [3.63, 3.8) is 0 Å². The standard InChI is InChI=1S/C14H23N3O3/c1-11-3-5-16(6-4-11)13(19)14(20)17-9-7-15(8-10-17)12(2)18/h11H,3-10H2,1-2H3. The number of piperidine rings is 1. The fourth-order valence-electron chi connectivity index (χ4n) is 2.71. The second-order valence-electron chi connectivity index (χ2n) is 5.77. The number of likely N-dealkylation sites (tertiary alicyclic amines) is 1. The molecule has 0 unspecified atom stereocenters. The summed E-state index contributed by atoms with van der Waals surface area (Å²) in [6, 6.07) is 0.